The molecule has 2 amide bonds. The predicted molar refractivity (Wildman–Crippen MR) is 96.6 cm³/mol. The SMILES string of the molecule is CC(=O)N(CCC(=O)Nc1ccc(C)c(Br)c1)c1ccccc1. The van der Waals surface area contributed by atoms with E-state index in [2.05, 4.69) is 21.2 Å². The van der Waals surface area contributed by atoms with Crippen molar-refractivity contribution < 1.29 is 9.59 Å². The van der Waals surface area contributed by atoms with Crippen molar-refractivity contribution in [3.05, 3.63) is 58.6 Å². The molecular weight excluding hydrogens is 356 g/mol. The molecule has 0 atom stereocenters. The van der Waals surface area contributed by atoms with Crippen molar-refractivity contribution in [3.8, 4) is 0 Å². The van der Waals surface area contributed by atoms with Gasteiger partial charge in [-0.3, -0.25) is 9.59 Å². The van der Waals surface area contributed by atoms with Crippen LogP contribution >= 0.6 is 15.9 Å². The maximum Gasteiger partial charge on any atom is 0.226 e. The van der Waals surface area contributed by atoms with Crippen LogP contribution < -0.4 is 10.2 Å². The molecule has 0 unspecified atom stereocenters. The van der Waals surface area contributed by atoms with E-state index in [9.17, 15) is 9.59 Å². The van der Waals surface area contributed by atoms with E-state index >= 15 is 0 Å². The van der Waals surface area contributed by atoms with Gasteiger partial charge < -0.3 is 10.2 Å². The van der Waals surface area contributed by atoms with Gasteiger partial charge in [-0.25, -0.2) is 0 Å². The lowest BCUT2D eigenvalue weighted by atomic mass is 10.2. The lowest BCUT2D eigenvalue weighted by molar-refractivity contribution is -0.117. The zero-order valence-corrected chi connectivity index (χ0v) is 14.8. The van der Waals surface area contributed by atoms with Gasteiger partial charge in [0, 0.05) is 35.7 Å². The molecule has 5 heteroatoms. The van der Waals surface area contributed by atoms with E-state index in [0.717, 1.165) is 21.4 Å². The van der Waals surface area contributed by atoms with Gasteiger partial charge in [-0.2, -0.15) is 0 Å². The first-order valence-electron chi connectivity index (χ1n) is 7.36. The summed E-state index contributed by atoms with van der Waals surface area (Å²) in [5.74, 6) is -0.204. The fourth-order valence-electron chi connectivity index (χ4n) is 2.18. The number of benzene rings is 2. The van der Waals surface area contributed by atoms with Crippen LogP contribution in [0.5, 0.6) is 0 Å². The molecule has 0 saturated heterocycles. The molecule has 0 aliphatic rings. The van der Waals surface area contributed by atoms with E-state index in [-0.39, 0.29) is 18.2 Å². The van der Waals surface area contributed by atoms with Gasteiger partial charge in [-0.1, -0.05) is 40.2 Å². The maximum absolute atomic E-state index is 12.1. The van der Waals surface area contributed by atoms with Crippen molar-refractivity contribution in [1.82, 2.24) is 0 Å². The first-order valence-corrected chi connectivity index (χ1v) is 8.16. The minimum atomic E-state index is -0.122. The lowest BCUT2D eigenvalue weighted by Gasteiger charge is -2.20. The molecule has 4 nitrogen and oxygen atoms in total. The average Bonchev–Trinajstić information content (AvgIpc) is 2.52. The fourth-order valence-corrected chi connectivity index (χ4v) is 2.56. The van der Waals surface area contributed by atoms with Crippen LogP contribution in [0.1, 0.15) is 18.9 Å². The first kappa shape index (κ1) is 17.2. The molecule has 0 aliphatic carbocycles. The molecule has 2 aromatic rings. The van der Waals surface area contributed by atoms with Crippen LogP contribution in [0, 0.1) is 6.92 Å². The number of carbonyl (C=O) groups is 2. The number of nitrogens with zero attached hydrogens (tertiary/aromatic N) is 1. The summed E-state index contributed by atoms with van der Waals surface area (Å²) in [6.45, 7) is 3.83. The highest BCUT2D eigenvalue weighted by atomic mass is 79.9. The molecule has 2 rings (SSSR count). The molecule has 0 bridgehead atoms. The van der Waals surface area contributed by atoms with Crippen LogP contribution in [0.4, 0.5) is 11.4 Å². The highest BCUT2D eigenvalue weighted by Gasteiger charge is 2.13. The molecule has 0 heterocycles. The molecule has 0 saturated carbocycles. The third-order valence-corrected chi connectivity index (χ3v) is 4.32. The van der Waals surface area contributed by atoms with Gasteiger partial charge in [0.25, 0.3) is 0 Å². The molecule has 0 aliphatic heterocycles. The molecular formula is C18H19BrN2O2. The number of rotatable bonds is 5. The first-order chi connectivity index (χ1) is 11.0. The molecule has 1 N–H and O–H groups in total. The second-order valence-electron chi connectivity index (χ2n) is 5.27. The van der Waals surface area contributed by atoms with E-state index in [1.807, 2.05) is 55.5 Å². The predicted octanol–water partition coefficient (Wildman–Crippen LogP) is 4.14. The van der Waals surface area contributed by atoms with Crippen molar-refractivity contribution in [1.29, 1.82) is 0 Å². The Balaban J connectivity index is 1.96. The molecule has 0 fully saturated rings. The number of halogens is 1. The van der Waals surface area contributed by atoms with Crippen LogP contribution in [-0.4, -0.2) is 18.4 Å². The summed E-state index contributed by atoms with van der Waals surface area (Å²) < 4.78 is 0.949. The van der Waals surface area contributed by atoms with Crippen molar-refractivity contribution in [2.75, 3.05) is 16.8 Å². The Hall–Kier alpha value is -2.14. The van der Waals surface area contributed by atoms with Crippen molar-refractivity contribution >= 4 is 39.1 Å². The van der Waals surface area contributed by atoms with Gasteiger partial charge in [0.2, 0.25) is 11.8 Å². The highest BCUT2D eigenvalue weighted by Crippen LogP contribution is 2.21. The van der Waals surface area contributed by atoms with Gasteiger partial charge in [-0.15, -0.1) is 0 Å². The van der Waals surface area contributed by atoms with Crippen molar-refractivity contribution in [3.63, 3.8) is 0 Å². The summed E-state index contributed by atoms with van der Waals surface area (Å²) in [5, 5.41) is 2.85. The van der Waals surface area contributed by atoms with Crippen LogP contribution in [0.15, 0.2) is 53.0 Å². The van der Waals surface area contributed by atoms with E-state index < -0.39 is 0 Å². The number of para-hydroxylation sites is 1. The van der Waals surface area contributed by atoms with E-state index in [1.165, 1.54) is 6.92 Å². The third kappa shape index (κ3) is 4.93. The van der Waals surface area contributed by atoms with E-state index in [4.69, 9.17) is 0 Å². The zero-order valence-electron chi connectivity index (χ0n) is 13.2. The fraction of sp³-hybridized carbons (Fsp3) is 0.222. The largest absolute Gasteiger partial charge is 0.326 e. The Morgan fingerprint density at radius 3 is 2.43 bits per heavy atom. The number of hydrogen-bond donors (Lipinski definition) is 1. The van der Waals surface area contributed by atoms with Crippen LogP contribution in [0.3, 0.4) is 0 Å². The van der Waals surface area contributed by atoms with E-state index in [1.54, 1.807) is 4.90 Å². The topological polar surface area (TPSA) is 49.4 Å². The Bertz CT molecular complexity index is 701. The number of amides is 2. The molecule has 2 aromatic carbocycles. The molecule has 0 aromatic heterocycles. The molecule has 23 heavy (non-hydrogen) atoms. The van der Waals surface area contributed by atoms with E-state index in [0.29, 0.717) is 6.54 Å². The Kier molecular flexibility index (Phi) is 5.93. The second-order valence-corrected chi connectivity index (χ2v) is 6.12. The third-order valence-electron chi connectivity index (χ3n) is 3.47. The second kappa shape index (κ2) is 7.92. The summed E-state index contributed by atoms with van der Waals surface area (Å²) in [7, 11) is 0. The summed E-state index contributed by atoms with van der Waals surface area (Å²) >= 11 is 3.44. The van der Waals surface area contributed by atoms with Gasteiger partial charge >= 0.3 is 0 Å². The van der Waals surface area contributed by atoms with Crippen molar-refractivity contribution in [2.45, 2.75) is 20.3 Å². The highest BCUT2D eigenvalue weighted by molar-refractivity contribution is 9.10. The molecule has 0 radical (unpaired) electrons. The molecule has 0 spiro atoms. The summed E-state index contributed by atoms with van der Waals surface area (Å²) in [6.07, 6.45) is 0.236. The van der Waals surface area contributed by atoms with Crippen LogP contribution in [0.25, 0.3) is 0 Å². The van der Waals surface area contributed by atoms with Gasteiger partial charge in [0.05, 0.1) is 0 Å². The number of aryl methyl sites for hydroxylation is 1. The van der Waals surface area contributed by atoms with Gasteiger partial charge in [0.15, 0.2) is 0 Å². The quantitative estimate of drug-likeness (QED) is 0.854. The van der Waals surface area contributed by atoms with Gasteiger partial charge in [0.1, 0.15) is 0 Å². The normalized spacial score (nSPS) is 10.2. The monoisotopic (exact) mass is 374 g/mol. The van der Waals surface area contributed by atoms with Crippen molar-refractivity contribution in [2.24, 2.45) is 0 Å². The van der Waals surface area contributed by atoms with Crippen LogP contribution in [0.2, 0.25) is 0 Å². The maximum atomic E-state index is 12.1. The standard InChI is InChI=1S/C18H19BrN2O2/c1-13-8-9-15(12-17(13)19)20-18(23)10-11-21(14(2)22)16-6-4-3-5-7-16/h3-9,12H,10-11H2,1-2H3,(H,20,23). The van der Waals surface area contributed by atoms with Gasteiger partial charge in [-0.05, 0) is 36.8 Å². The van der Waals surface area contributed by atoms with Crippen LogP contribution in [-0.2, 0) is 9.59 Å². The number of anilines is 2. The smallest absolute Gasteiger partial charge is 0.226 e. The summed E-state index contributed by atoms with van der Waals surface area (Å²) in [4.78, 5) is 25.5. The zero-order chi connectivity index (χ0) is 16.8. The minimum absolute atomic E-state index is 0.0814. The number of nitrogens with one attached hydrogen (secondary N) is 1. The Morgan fingerprint density at radius 1 is 1.13 bits per heavy atom. The average molecular weight is 375 g/mol. The number of carbonyl (C=O) groups excluding carboxylic acids is 2. The summed E-state index contributed by atoms with van der Waals surface area (Å²) in [5.41, 5.74) is 2.64. The Labute approximate surface area is 144 Å². The summed E-state index contributed by atoms with van der Waals surface area (Å²) in [6, 6.07) is 15.0. The lowest BCUT2D eigenvalue weighted by Crippen LogP contribution is -2.31. The minimum Gasteiger partial charge on any atom is -0.326 e. The Morgan fingerprint density at radius 2 is 1.83 bits per heavy atom. The molecule has 120 valence electrons. The number of hydrogen-bond acceptors (Lipinski definition) is 2.